The van der Waals surface area contributed by atoms with Crippen LogP contribution in [0.2, 0.25) is 0 Å². The Morgan fingerprint density at radius 2 is 1.51 bits per heavy atom. The molecule has 0 bridgehead atoms. The highest BCUT2D eigenvalue weighted by atomic mass is 16.7. The first kappa shape index (κ1) is 62.4. The summed E-state index contributed by atoms with van der Waals surface area (Å²) in [7, 11) is 0. The number of hydrogen-bond acceptors (Lipinski definition) is 18. The van der Waals surface area contributed by atoms with Crippen molar-refractivity contribution in [3.63, 3.8) is 0 Å². The molecule has 498 valence electrons. The van der Waals surface area contributed by atoms with Crippen LogP contribution in [0.25, 0.3) is 0 Å². The number of benzene rings is 4. The number of Topliss-reactive ketones (excluding diaryl/α,β-unsaturated/α-hetero) is 2. The summed E-state index contributed by atoms with van der Waals surface area (Å²) in [6, 6.07) is 26.7. The number of nitrogens with one attached hydrogen (secondary N) is 3. The number of allylic oxidation sites excluding steroid dienone is 4. The number of anilines is 2. The minimum atomic E-state index is -2.01. The second-order valence-corrected chi connectivity index (χ2v) is 28.9. The molecule has 14 atom stereocenters. The zero-order valence-corrected chi connectivity index (χ0v) is 52.4. The van der Waals surface area contributed by atoms with Gasteiger partial charge >= 0.3 is 12.1 Å². The minimum Gasteiger partial charge on any atom is -0.479 e. The number of fused-ring (bicyclic) bond motifs is 9. The van der Waals surface area contributed by atoms with Crippen LogP contribution in [-0.4, -0.2) is 145 Å². The van der Waals surface area contributed by atoms with E-state index in [1.165, 1.54) is 23.1 Å². The van der Waals surface area contributed by atoms with Gasteiger partial charge in [-0.1, -0.05) is 98.0 Å². The summed E-state index contributed by atoms with van der Waals surface area (Å²) in [5.74, 6) is 2.59. The Labute approximate surface area is 550 Å². The maximum absolute atomic E-state index is 14.2. The monoisotopic (exact) mass is 1310 g/mol. The lowest BCUT2D eigenvalue weighted by Gasteiger charge is -3.11. The number of aliphatic carboxylic acids is 1. The van der Waals surface area contributed by atoms with Crippen molar-refractivity contribution < 1.29 is 92.7 Å². The largest absolute Gasteiger partial charge is 0.479 e. The molecule has 23 heteroatoms. The van der Waals surface area contributed by atoms with Crippen molar-refractivity contribution in [3.8, 4) is 17.6 Å². The second kappa shape index (κ2) is 22.3. The average Bonchev–Trinajstić information content (AvgIpc) is 0.579. The van der Waals surface area contributed by atoms with Crippen LogP contribution in [0.4, 0.5) is 16.2 Å². The Balaban J connectivity index is 0.536. The fourth-order valence-corrected chi connectivity index (χ4v) is 21.0. The maximum atomic E-state index is 14.2. The molecule has 96 heavy (non-hydrogen) atoms. The SMILES string of the molecule is C[C@]12C=CC(=O)C=C1CC[C@@H]1[C@@H]2[C@@H](O)C[C@@]2(C)[C@H]1C[C@H]1O[C@@H](c3ccc(CC45C6C7C4C4C5C6C74NC(=O)OCc4ccc(O[C@@H]5O[C@H](C(=O)O)[C@@H](O)[C@H](O)[C@H]5O)c(NC(=O)CCNC(=O)C(=O)CC(=O)N5Cc6ccccc6C#Cc6ccccc65)c4)cc3)O[C@]12C(=O)CO. The number of ketones is 3. The number of ether oxygens (including phenoxy) is 5. The van der Waals surface area contributed by atoms with Crippen LogP contribution >= 0.6 is 0 Å². The molecule has 3 aliphatic heterocycles. The molecular formula is C73H72N4O19. The molecule has 13 aliphatic rings. The molecule has 9 saturated carbocycles. The molecule has 4 aromatic carbocycles. The fraction of sp³-hybridized carbons (Fsp3) is 0.479. The normalized spacial score (nSPS) is 38.7. The number of carbonyl (C=O) groups excluding carboxylic acids is 7. The minimum absolute atomic E-state index is 0.0237. The highest BCUT2D eigenvalue weighted by molar-refractivity contribution is 6.40. The zero-order chi connectivity index (χ0) is 66.9. The summed E-state index contributed by atoms with van der Waals surface area (Å²) < 4.78 is 30.6. The van der Waals surface area contributed by atoms with Gasteiger partial charge in [-0.05, 0) is 144 Å². The van der Waals surface area contributed by atoms with Gasteiger partial charge in [-0.2, -0.15) is 0 Å². The molecule has 11 fully saturated rings. The number of para-hydroxylation sites is 1. The van der Waals surface area contributed by atoms with E-state index >= 15 is 0 Å². The Hall–Kier alpha value is -8.44. The number of aliphatic hydroxyl groups is 5. The molecule has 23 nitrogen and oxygen atoms in total. The molecule has 2 saturated heterocycles. The first-order valence-electron chi connectivity index (χ1n) is 33.0. The number of alkyl carbamates (subject to hydrolysis) is 1. The van der Waals surface area contributed by atoms with Gasteiger partial charge in [0.15, 0.2) is 29.6 Å². The Kier molecular flexibility index (Phi) is 14.5. The summed E-state index contributed by atoms with van der Waals surface area (Å²) in [6.45, 7) is 2.87. The van der Waals surface area contributed by atoms with Crippen LogP contribution < -0.4 is 25.6 Å². The third-order valence-corrected chi connectivity index (χ3v) is 24.8. The van der Waals surface area contributed by atoms with Crippen molar-refractivity contribution in [2.24, 2.45) is 69.5 Å². The van der Waals surface area contributed by atoms with Crippen LogP contribution in [0.3, 0.4) is 0 Å². The van der Waals surface area contributed by atoms with Crippen molar-refractivity contribution in [2.75, 3.05) is 23.4 Å². The predicted octanol–water partition coefficient (Wildman–Crippen LogP) is 3.87. The number of nitrogens with zero attached hydrogens (tertiary/aromatic N) is 1. The third-order valence-electron chi connectivity index (χ3n) is 24.8. The maximum Gasteiger partial charge on any atom is 0.407 e. The van der Waals surface area contributed by atoms with E-state index in [1.54, 1.807) is 36.4 Å². The summed E-state index contributed by atoms with van der Waals surface area (Å²) in [5.41, 5.74) is 2.79. The summed E-state index contributed by atoms with van der Waals surface area (Å²) >= 11 is 0. The van der Waals surface area contributed by atoms with Gasteiger partial charge in [-0.15, -0.1) is 0 Å². The van der Waals surface area contributed by atoms with Gasteiger partial charge in [0.25, 0.3) is 5.91 Å². The van der Waals surface area contributed by atoms with E-state index in [2.05, 4.69) is 46.8 Å². The standard InChI is InChI=1S/C73H72N4O19/c1-69-23-21-41(79)26-40(69)18-19-42-43-27-50-73(49(82)32-78,70(43,2)30-47(81)53(42)69)96-66(94-50)38-14-11-34(12-15-38)29-71-54-57-55(71)59-56(71)58(54)72(57,59)76-68(91)92-33-35-13-20-48(93-67-62(87)60(85)61(86)63(95-67)65(89)90)44(25-35)75-51(83)22-24-74-64(88)46(80)28-52(84)77-31-39-9-4-3-7-36(39)16-17-37-8-5-6-10-45(37)77/h3-15,20-21,23,25-26,42-43,47,50,53-63,66-67,78,81,85-87H,18-19,22,24,27-33H2,1-2H3,(H,74,88)(H,75,83)(H,76,91)(H,89,90)/t42-,43-,47-,50+,53+,54?,55?,56?,57?,58?,59?,60-,61-,62+,63-,66+,67+,69-,70-,71?,72?,73+/m0/s1. The van der Waals surface area contributed by atoms with Crippen LogP contribution in [0.15, 0.2) is 115 Å². The van der Waals surface area contributed by atoms with Gasteiger partial charge in [-0.3, -0.25) is 28.8 Å². The number of aliphatic hydroxyl groups excluding tert-OH is 5. The Bertz CT molecular complexity index is 4120. The van der Waals surface area contributed by atoms with E-state index in [-0.39, 0.29) is 72.0 Å². The van der Waals surface area contributed by atoms with E-state index < -0.39 is 126 Å². The van der Waals surface area contributed by atoms with Crippen molar-refractivity contribution >= 4 is 58.5 Å². The van der Waals surface area contributed by atoms with Gasteiger partial charge in [0.2, 0.25) is 23.9 Å². The van der Waals surface area contributed by atoms with Crippen LogP contribution in [0.1, 0.15) is 92.0 Å². The lowest BCUT2D eigenvalue weighted by molar-refractivity contribution is -0.624. The van der Waals surface area contributed by atoms with Gasteiger partial charge in [0, 0.05) is 46.4 Å². The Morgan fingerprint density at radius 1 is 0.802 bits per heavy atom. The van der Waals surface area contributed by atoms with Crippen LogP contribution in [-0.2, 0) is 72.1 Å². The molecular weight excluding hydrogens is 1240 g/mol. The quantitative estimate of drug-likeness (QED) is 0.0388. The number of carboxylic acid groups (broad SMARTS) is 1. The first-order chi connectivity index (χ1) is 46.1. The average molecular weight is 1310 g/mol. The van der Waals surface area contributed by atoms with Gasteiger partial charge < -0.3 is 75.2 Å². The molecule has 9 N–H and O–H groups in total. The molecule has 17 rings (SSSR count). The van der Waals surface area contributed by atoms with Crippen molar-refractivity contribution in [2.45, 2.75) is 132 Å². The highest BCUT2D eigenvalue weighted by Gasteiger charge is 3.10. The third kappa shape index (κ3) is 8.74. The smallest absolute Gasteiger partial charge is 0.407 e. The lowest BCUT2D eigenvalue weighted by atomic mass is 8.94. The van der Waals surface area contributed by atoms with Crippen molar-refractivity contribution in [1.82, 2.24) is 10.6 Å². The lowest BCUT2D eigenvalue weighted by Crippen LogP contribution is -3.15. The van der Waals surface area contributed by atoms with Gasteiger partial charge in [-0.25, -0.2) is 9.59 Å². The zero-order valence-electron chi connectivity index (χ0n) is 52.4. The molecule has 0 aromatic heterocycles. The van der Waals surface area contributed by atoms with E-state index in [1.807, 2.05) is 49.4 Å². The topological polar surface area (TPSA) is 343 Å². The molecule has 10 aliphatic carbocycles. The number of amides is 4. The summed E-state index contributed by atoms with van der Waals surface area (Å²) in [5, 5.41) is 72.1. The summed E-state index contributed by atoms with van der Waals surface area (Å²) in [6.07, 6.45) is -5.44. The van der Waals surface area contributed by atoms with E-state index in [0.29, 0.717) is 64.3 Å². The Morgan fingerprint density at radius 3 is 2.25 bits per heavy atom. The van der Waals surface area contributed by atoms with Crippen LogP contribution in [0.5, 0.6) is 5.75 Å². The number of carbonyl (C=O) groups is 8. The van der Waals surface area contributed by atoms with E-state index in [9.17, 15) is 69.0 Å². The number of carboxylic acids is 1. The van der Waals surface area contributed by atoms with Gasteiger partial charge in [0.1, 0.15) is 37.3 Å². The molecule has 0 unspecified atom stereocenters. The second-order valence-electron chi connectivity index (χ2n) is 28.9. The predicted molar refractivity (Wildman–Crippen MR) is 334 cm³/mol. The molecule has 0 radical (unpaired) electrons. The van der Waals surface area contributed by atoms with Crippen molar-refractivity contribution in [1.29, 1.82) is 0 Å². The fourth-order valence-electron chi connectivity index (χ4n) is 21.0. The van der Waals surface area contributed by atoms with E-state index in [0.717, 1.165) is 41.5 Å². The molecule has 3 heterocycles. The molecule has 0 spiro atoms. The van der Waals surface area contributed by atoms with Crippen LogP contribution in [0, 0.1) is 81.3 Å². The molecule has 4 aromatic rings. The number of hydrogen-bond donors (Lipinski definition) is 9. The van der Waals surface area contributed by atoms with Crippen molar-refractivity contribution in [3.05, 3.63) is 148 Å². The van der Waals surface area contributed by atoms with E-state index in [4.69, 9.17) is 23.7 Å². The van der Waals surface area contributed by atoms with Gasteiger partial charge in [0.05, 0.1) is 42.1 Å². The molecule has 4 amide bonds. The highest BCUT2D eigenvalue weighted by Crippen LogP contribution is 3.07. The number of rotatable bonds is 18. The summed E-state index contributed by atoms with van der Waals surface area (Å²) in [4.78, 5) is 107. The first-order valence-corrected chi connectivity index (χ1v) is 33.0.